The summed E-state index contributed by atoms with van der Waals surface area (Å²) in [6.45, 7) is 2.32. The van der Waals surface area contributed by atoms with Gasteiger partial charge in [0.2, 0.25) is 5.91 Å². The Balaban J connectivity index is 2.68. The van der Waals surface area contributed by atoms with Crippen LogP contribution >= 0.6 is 0 Å². The smallest absolute Gasteiger partial charge is 0.222 e. The quantitative estimate of drug-likeness (QED) is 0.775. The Morgan fingerprint density at radius 3 is 2.63 bits per heavy atom. The van der Waals surface area contributed by atoms with E-state index in [1.807, 2.05) is 19.1 Å². The molecule has 0 bridgehead atoms. The Bertz CT molecular complexity index is 432. The van der Waals surface area contributed by atoms with Crippen LogP contribution < -0.4 is 14.8 Å². The largest absolute Gasteiger partial charge is 0.496 e. The summed E-state index contributed by atoms with van der Waals surface area (Å²) in [5.41, 5.74) is 1.97. The molecule has 1 aromatic rings. The van der Waals surface area contributed by atoms with Gasteiger partial charge in [0.1, 0.15) is 11.5 Å². The van der Waals surface area contributed by atoms with Crippen LogP contribution in [0.2, 0.25) is 0 Å². The molecule has 5 nitrogen and oxygen atoms in total. The van der Waals surface area contributed by atoms with Crippen LogP contribution in [0.1, 0.15) is 17.5 Å². The Labute approximate surface area is 113 Å². The van der Waals surface area contributed by atoms with Gasteiger partial charge < -0.3 is 19.9 Å². The van der Waals surface area contributed by atoms with Crippen LogP contribution in [0, 0.1) is 6.92 Å². The van der Waals surface area contributed by atoms with E-state index in [2.05, 4.69) is 5.32 Å². The summed E-state index contributed by atoms with van der Waals surface area (Å²) in [4.78, 5) is 11.2. The molecular weight excluding hydrogens is 246 g/mol. The van der Waals surface area contributed by atoms with Crippen LogP contribution in [0.15, 0.2) is 12.1 Å². The highest BCUT2D eigenvalue weighted by molar-refractivity contribution is 5.75. The molecule has 1 rings (SSSR count). The van der Waals surface area contributed by atoms with Crippen molar-refractivity contribution in [3.63, 3.8) is 0 Å². The fraction of sp³-hybridized carbons (Fsp3) is 0.500. The second-order valence-corrected chi connectivity index (χ2v) is 4.16. The predicted molar refractivity (Wildman–Crippen MR) is 72.7 cm³/mol. The average Bonchev–Trinajstić information content (AvgIpc) is 2.39. The van der Waals surface area contributed by atoms with E-state index in [-0.39, 0.29) is 18.9 Å². The molecule has 0 saturated heterocycles. The van der Waals surface area contributed by atoms with Gasteiger partial charge in [0, 0.05) is 18.5 Å². The van der Waals surface area contributed by atoms with Gasteiger partial charge in [-0.2, -0.15) is 0 Å². The highest BCUT2D eigenvalue weighted by Crippen LogP contribution is 2.31. The third-order valence-electron chi connectivity index (χ3n) is 2.92. The number of rotatable bonds is 7. The summed E-state index contributed by atoms with van der Waals surface area (Å²) in [5.74, 6) is 1.42. The Hall–Kier alpha value is -1.75. The lowest BCUT2D eigenvalue weighted by atomic mass is 10.1. The summed E-state index contributed by atoms with van der Waals surface area (Å²) in [7, 11) is 3.24. The van der Waals surface area contributed by atoms with Crippen LogP contribution in [0.4, 0.5) is 0 Å². The molecule has 0 fully saturated rings. The van der Waals surface area contributed by atoms with Gasteiger partial charge in [-0.15, -0.1) is 0 Å². The van der Waals surface area contributed by atoms with Gasteiger partial charge in [0.15, 0.2) is 0 Å². The minimum absolute atomic E-state index is 0.128. The number of benzene rings is 1. The molecule has 0 aromatic heterocycles. The van der Waals surface area contributed by atoms with Crippen molar-refractivity contribution in [3.8, 4) is 11.5 Å². The Kier molecular flexibility index (Phi) is 6.15. The number of nitrogens with one attached hydrogen (secondary N) is 1. The number of hydrogen-bond acceptors (Lipinski definition) is 4. The van der Waals surface area contributed by atoms with Gasteiger partial charge in [-0.3, -0.25) is 4.79 Å². The molecule has 0 saturated carbocycles. The van der Waals surface area contributed by atoms with Crippen LogP contribution in [0.3, 0.4) is 0 Å². The van der Waals surface area contributed by atoms with Crippen LogP contribution in [-0.2, 0) is 11.2 Å². The minimum Gasteiger partial charge on any atom is -0.496 e. The third kappa shape index (κ3) is 4.13. The first kappa shape index (κ1) is 15.3. The van der Waals surface area contributed by atoms with Gasteiger partial charge >= 0.3 is 0 Å². The van der Waals surface area contributed by atoms with Gasteiger partial charge in [0.05, 0.1) is 20.8 Å². The van der Waals surface area contributed by atoms with E-state index in [0.29, 0.717) is 13.0 Å². The number of carbonyl (C=O) groups is 1. The number of hydrogen-bond donors (Lipinski definition) is 2. The number of carbonyl (C=O) groups excluding carboxylic acids is 1. The third-order valence-corrected chi connectivity index (χ3v) is 2.92. The number of aliphatic hydroxyl groups excluding tert-OH is 1. The fourth-order valence-corrected chi connectivity index (χ4v) is 1.96. The average molecular weight is 267 g/mol. The molecule has 0 atom stereocenters. The van der Waals surface area contributed by atoms with Gasteiger partial charge in [-0.05, 0) is 25.0 Å². The van der Waals surface area contributed by atoms with E-state index < -0.39 is 0 Å². The summed E-state index contributed by atoms with van der Waals surface area (Å²) >= 11 is 0. The van der Waals surface area contributed by atoms with Crippen LogP contribution in [0.25, 0.3) is 0 Å². The standard InChI is InChI=1S/C14H21NO4/c1-10-12(18-2)5-4-11(14(10)19-3)6-8-15-13(17)7-9-16/h4-5,16H,6-9H2,1-3H3,(H,15,17). The summed E-state index contributed by atoms with van der Waals surface area (Å²) in [5, 5.41) is 11.4. The molecule has 19 heavy (non-hydrogen) atoms. The fourth-order valence-electron chi connectivity index (χ4n) is 1.96. The van der Waals surface area contributed by atoms with Crippen LogP contribution in [-0.4, -0.2) is 38.4 Å². The van der Waals surface area contributed by atoms with Crippen molar-refractivity contribution < 1.29 is 19.4 Å². The maximum atomic E-state index is 11.2. The normalized spacial score (nSPS) is 10.1. The van der Waals surface area contributed by atoms with E-state index >= 15 is 0 Å². The van der Waals surface area contributed by atoms with Crippen molar-refractivity contribution in [1.29, 1.82) is 0 Å². The number of methoxy groups -OCH3 is 2. The minimum atomic E-state index is -0.147. The first-order valence-electron chi connectivity index (χ1n) is 6.22. The molecule has 0 aliphatic heterocycles. The zero-order valence-electron chi connectivity index (χ0n) is 11.7. The lowest BCUT2D eigenvalue weighted by Crippen LogP contribution is -2.26. The second-order valence-electron chi connectivity index (χ2n) is 4.16. The molecule has 1 amide bonds. The van der Waals surface area contributed by atoms with Crippen molar-refractivity contribution in [2.45, 2.75) is 19.8 Å². The molecule has 0 spiro atoms. The zero-order chi connectivity index (χ0) is 14.3. The van der Waals surface area contributed by atoms with Crippen molar-refractivity contribution in [2.75, 3.05) is 27.4 Å². The van der Waals surface area contributed by atoms with E-state index in [0.717, 1.165) is 22.6 Å². The van der Waals surface area contributed by atoms with E-state index in [9.17, 15) is 4.79 Å². The lowest BCUT2D eigenvalue weighted by molar-refractivity contribution is -0.121. The highest BCUT2D eigenvalue weighted by atomic mass is 16.5. The number of amides is 1. The maximum Gasteiger partial charge on any atom is 0.222 e. The highest BCUT2D eigenvalue weighted by Gasteiger charge is 2.11. The molecule has 0 aliphatic rings. The molecule has 0 heterocycles. The van der Waals surface area contributed by atoms with Crippen LogP contribution in [0.5, 0.6) is 11.5 Å². The maximum absolute atomic E-state index is 11.2. The van der Waals surface area contributed by atoms with Gasteiger partial charge in [0.25, 0.3) is 0 Å². The lowest BCUT2D eigenvalue weighted by Gasteiger charge is -2.14. The van der Waals surface area contributed by atoms with E-state index in [4.69, 9.17) is 14.6 Å². The van der Waals surface area contributed by atoms with E-state index in [1.54, 1.807) is 14.2 Å². The molecule has 0 unspecified atom stereocenters. The van der Waals surface area contributed by atoms with Crippen molar-refractivity contribution >= 4 is 5.91 Å². The number of aliphatic hydroxyl groups is 1. The molecule has 0 aliphatic carbocycles. The molecule has 2 N–H and O–H groups in total. The topological polar surface area (TPSA) is 67.8 Å². The first-order valence-corrected chi connectivity index (χ1v) is 6.22. The second kappa shape index (κ2) is 7.63. The molecule has 106 valence electrons. The monoisotopic (exact) mass is 267 g/mol. The van der Waals surface area contributed by atoms with Crippen molar-refractivity contribution in [2.24, 2.45) is 0 Å². The number of ether oxygens (including phenoxy) is 2. The summed E-state index contributed by atoms with van der Waals surface area (Å²) in [6.07, 6.45) is 0.809. The predicted octanol–water partition coefficient (Wildman–Crippen LogP) is 1.05. The molecule has 0 radical (unpaired) electrons. The van der Waals surface area contributed by atoms with Gasteiger partial charge in [-0.1, -0.05) is 6.07 Å². The van der Waals surface area contributed by atoms with Crippen molar-refractivity contribution in [3.05, 3.63) is 23.3 Å². The Morgan fingerprint density at radius 2 is 2.05 bits per heavy atom. The molecule has 5 heteroatoms. The first-order chi connectivity index (χ1) is 9.13. The van der Waals surface area contributed by atoms with Crippen molar-refractivity contribution in [1.82, 2.24) is 5.32 Å². The Morgan fingerprint density at radius 1 is 1.32 bits per heavy atom. The molecule has 1 aromatic carbocycles. The van der Waals surface area contributed by atoms with E-state index in [1.165, 1.54) is 0 Å². The SMILES string of the molecule is COc1ccc(CCNC(=O)CCO)c(OC)c1C. The zero-order valence-corrected chi connectivity index (χ0v) is 11.7. The molecular formula is C14H21NO4. The summed E-state index contributed by atoms with van der Waals surface area (Å²) < 4.78 is 10.6. The van der Waals surface area contributed by atoms with Gasteiger partial charge in [-0.25, -0.2) is 0 Å². The summed E-state index contributed by atoms with van der Waals surface area (Å²) in [6, 6.07) is 3.82.